The number of amides is 1. The highest BCUT2D eigenvalue weighted by Crippen LogP contribution is 2.34. The summed E-state index contributed by atoms with van der Waals surface area (Å²) in [5.41, 5.74) is 2.99. The van der Waals surface area contributed by atoms with Gasteiger partial charge in [-0.25, -0.2) is 17.9 Å². The van der Waals surface area contributed by atoms with Gasteiger partial charge in [0.1, 0.15) is 5.69 Å². The molecule has 1 aliphatic rings. The Hall–Kier alpha value is -4.98. The second-order valence-corrected chi connectivity index (χ2v) is 12.2. The number of nitrogens with one attached hydrogen (secondary N) is 1. The van der Waals surface area contributed by atoms with Gasteiger partial charge in [0, 0.05) is 42.2 Å². The molecule has 1 fully saturated rings. The van der Waals surface area contributed by atoms with Gasteiger partial charge in [0.25, 0.3) is 5.91 Å². The first-order valence-corrected chi connectivity index (χ1v) is 15.9. The van der Waals surface area contributed by atoms with E-state index in [0.29, 0.717) is 36.0 Å². The molecule has 0 bridgehead atoms. The largest absolute Gasteiger partial charge is 0.493 e. The highest BCUT2D eigenvalue weighted by Gasteiger charge is 2.27. The maximum atomic E-state index is 13.0. The van der Waals surface area contributed by atoms with Gasteiger partial charge in [-0.05, 0) is 61.5 Å². The minimum atomic E-state index is -3.75. The maximum Gasteiger partial charge on any atom is 0.331 e. The van der Waals surface area contributed by atoms with E-state index in [-0.39, 0.29) is 23.7 Å². The number of morpholine rings is 1. The molecule has 1 atom stereocenters. The van der Waals surface area contributed by atoms with Crippen molar-refractivity contribution in [2.24, 2.45) is 0 Å². The van der Waals surface area contributed by atoms with Gasteiger partial charge in [-0.3, -0.25) is 4.79 Å². The zero-order chi connectivity index (χ0) is 32.7. The number of rotatable bonds is 11. The second-order valence-electron chi connectivity index (χ2n) is 10.2. The zero-order valence-corrected chi connectivity index (χ0v) is 26.4. The van der Waals surface area contributed by atoms with E-state index in [1.54, 1.807) is 49.4 Å². The number of nitrogens with zero attached hydrogens (tertiary/aromatic N) is 3. The number of para-hydroxylation sites is 1. The Morgan fingerprint density at radius 3 is 2.41 bits per heavy atom. The van der Waals surface area contributed by atoms with Crippen LogP contribution in [0.15, 0.2) is 90.0 Å². The molecule has 3 aromatic carbocycles. The summed E-state index contributed by atoms with van der Waals surface area (Å²) >= 11 is 0. The third kappa shape index (κ3) is 7.45. The number of methoxy groups -OCH3 is 2. The molecule has 0 radical (unpaired) electrons. The lowest BCUT2D eigenvalue weighted by Crippen LogP contribution is -2.40. The number of hydrogen-bond acceptors (Lipinski definition) is 9. The highest BCUT2D eigenvalue weighted by molar-refractivity contribution is 7.89. The predicted molar refractivity (Wildman–Crippen MR) is 171 cm³/mol. The molecule has 12 nitrogen and oxygen atoms in total. The molecule has 0 unspecified atom stereocenters. The lowest BCUT2D eigenvalue weighted by molar-refractivity contribution is -0.148. The van der Waals surface area contributed by atoms with Crippen molar-refractivity contribution in [2.45, 2.75) is 17.9 Å². The Labute approximate surface area is 267 Å². The molecule has 2 heterocycles. The van der Waals surface area contributed by atoms with Gasteiger partial charge in [-0.15, -0.1) is 0 Å². The Kier molecular flexibility index (Phi) is 10.2. The summed E-state index contributed by atoms with van der Waals surface area (Å²) in [5.74, 6) is -0.289. The van der Waals surface area contributed by atoms with E-state index >= 15 is 0 Å². The number of sulfonamides is 1. The minimum absolute atomic E-state index is 0.0427. The number of anilines is 1. The summed E-state index contributed by atoms with van der Waals surface area (Å²) in [6, 6.07) is 20.8. The van der Waals surface area contributed by atoms with E-state index in [2.05, 4.69) is 5.32 Å². The molecule has 240 valence electrons. The lowest BCUT2D eigenvalue weighted by Gasteiger charge is -2.26. The van der Waals surface area contributed by atoms with Crippen LogP contribution in [-0.4, -0.2) is 81.0 Å². The molecule has 0 saturated carbocycles. The van der Waals surface area contributed by atoms with Crippen LogP contribution in [0.4, 0.5) is 5.69 Å². The van der Waals surface area contributed by atoms with Crippen molar-refractivity contribution < 1.29 is 37.0 Å². The third-order valence-electron chi connectivity index (χ3n) is 7.19. The minimum Gasteiger partial charge on any atom is -0.493 e. The van der Waals surface area contributed by atoms with Crippen LogP contribution in [0.2, 0.25) is 0 Å². The molecule has 1 amide bonds. The van der Waals surface area contributed by atoms with Gasteiger partial charge in [-0.2, -0.15) is 9.40 Å². The number of benzene rings is 3. The van der Waals surface area contributed by atoms with Gasteiger partial charge in [-0.1, -0.05) is 24.3 Å². The van der Waals surface area contributed by atoms with E-state index < -0.39 is 28.0 Å². The first-order valence-electron chi connectivity index (χ1n) is 14.4. The molecule has 0 aliphatic carbocycles. The molecule has 4 aromatic rings. The average Bonchev–Trinajstić information content (AvgIpc) is 3.52. The van der Waals surface area contributed by atoms with Crippen molar-refractivity contribution in [1.29, 1.82) is 0 Å². The van der Waals surface area contributed by atoms with Crippen LogP contribution in [0.25, 0.3) is 23.0 Å². The number of esters is 1. The number of ether oxygens (including phenoxy) is 4. The third-order valence-corrected chi connectivity index (χ3v) is 9.09. The number of aromatic nitrogens is 2. The SMILES string of the molecule is COc1ccc(-c2nn(-c3ccccc3)cc2/C=C/C(=O)O[C@H](C)C(=O)Nc2cccc(S(=O)(=O)N3CCOCC3)c2)cc1OC. The molecule has 1 saturated heterocycles. The number of hydrogen-bond donors (Lipinski definition) is 1. The first-order chi connectivity index (χ1) is 22.2. The van der Waals surface area contributed by atoms with Crippen LogP contribution in [0, 0.1) is 0 Å². The molecule has 1 aromatic heterocycles. The van der Waals surface area contributed by atoms with Crippen molar-refractivity contribution in [3.05, 3.63) is 90.6 Å². The zero-order valence-electron chi connectivity index (χ0n) is 25.6. The van der Waals surface area contributed by atoms with E-state index in [1.165, 1.54) is 35.5 Å². The Morgan fingerprint density at radius 2 is 1.70 bits per heavy atom. The van der Waals surface area contributed by atoms with Crippen molar-refractivity contribution in [3.8, 4) is 28.4 Å². The first kappa shape index (κ1) is 32.4. The fraction of sp³-hybridized carbons (Fsp3) is 0.242. The maximum absolute atomic E-state index is 13.0. The van der Waals surface area contributed by atoms with Crippen molar-refractivity contribution >= 4 is 33.7 Å². The average molecular weight is 647 g/mol. The van der Waals surface area contributed by atoms with Gasteiger partial charge >= 0.3 is 5.97 Å². The monoisotopic (exact) mass is 646 g/mol. The summed E-state index contributed by atoms with van der Waals surface area (Å²) in [6.07, 6.45) is 3.38. The fourth-order valence-electron chi connectivity index (χ4n) is 4.77. The summed E-state index contributed by atoms with van der Waals surface area (Å²) in [7, 11) is -0.657. The normalized spacial score (nSPS) is 14.5. The van der Waals surface area contributed by atoms with E-state index in [9.17, 15) is 18.0 Å². The topological polar surface area (TPSA) is 138 Å². The smallest absolute Gasteiger partial charge is 0.331 e. The predicted octanol–water partition coefficient (Wildman–Crippen LogP) is 4.16. The van der Waals surface area contributed by atoms with Gasteiger partial charge in [0.2, 0.25) is 10.0 Å². The Bertz CT molecular complexity index is 1830. The second kappa shape index (κ2) is 14.4. The standard InChI is InChI=1S/C33H34N4O8S/c1-23(33(39)34-26-8-7-11-28(21-26)46(40,41)36-16-18-44-19-17-36)45-31(38)15-13-25-22-37(27-9-5-4-6-10-27)35-32(25)24-12-14-29(42-2)30(20-24)43-3/h4-15,20-23H,16-19H2,1-3H3,(H,34,39)/b15-13+/t23-/m1/s1. The molecular formula is C33H34N4O8S. The molecular weight excluding hydrogens is 612 g/mol. The number of carbonyl (C=O) groups excluding carboxylic acids is 2. The molecule has 0 spiro atoms. The highest BCUT2D eigenvalue weighted by atomic mass is 32.2. The Balaban J connectivity index is 1.30. The molecule has 13 heteroatoms. The van der Waals surface area contributed by atoms with Gasteiger partial charge in [0.15, 0.2) is 17.6 Å². The fourth-order valence-corrected chi connectivity index (χ4v) is 6.22. The summed E-state index contributed by atoms with van der Waals surface area (Å²) in [6.45, 7) is 2.57. The van der Waals surface area contributed by atoms with E-state index in [1.807, 2.05) is 36.4 Å². The van der Waals surface area contributed by atoms with Crippen molar-refractivity contribution in [1.82, 2.24) is 14.1 Å². The molecule has 46 heavy (non-hydrogen) atoms. The Morgan fingerprint density at radius 1 is 0.957 bits per heavy atom. The van der Waals surface area contributed by atoms with Gasteiger partial charge in [0.05, 0.1) is 38.0 Å². The summed E-state index contributed by atoms with van der Waals surface area (Å²) < 4.78 is 50.5. The summed E-state index contributed by atoms with van der Waals surface area (Å²) in [4.78, 5) is 25.7. The van der Waals surface area contributed by atoms with E-state index in [0.717, 1.165) is 11.3 Å². The number of carbonyl (C=O) groups is 2. The molecule has 1 aliphatic heterocycles. The van der Waals surface area contributed by atoms with Crippen LogP contribution in [-0.2, 0) is 29.1 Å². The van der Waals surface area contributed by atoms with Crippen molar-refractivity contribution in [3.63, 3.8) is 0 Å². The molecule has 5 rings (SSSR count). The van der Waals surface area contributed by atoms with Gasteiger partial charge < -0.3 is 24.3 Å². The van der Waals surface area contributed by atoms with E-state index in [4.69, 9.17) is 24.0 Å². The van der Waals surface area contributed by atoms with Crippen LogP contribution in [0.5, 0.6) is 11.5 Å². The van der Waals surface area contributed by atoms with Crippen LogP contribution in [0.1, 0.15) is 12.5 Å². The van der Waals surface area contributed by atoms with Crippen LogP contribution >= 0.6 is 0 Å². The quantitative estimate of drug-likeness (QED) is 0.188. The van der Waals surface area contributed by atoms with Crippen LogP contribution in [0.3, 0.4) is 0 Å². The lowest BCUT2D eigenvalue weighted by atomic mass is 10.1. The van der Waals surface area contributed by atoms with Crippen molar-refractivity contribution in [2.75, 3.05) is 45.8 Å². The summed E-state index contributed by atoms with van der Waals surface area (Å²) in [5, 5.41) is 7.38. The van der Waals surface area contributed by atoms with Crippen LogP contribution < -0.4 is 14.8 Å². The molecule has 1 N–H and O–H groups in total.